The van der Waals surface area contributed by atoms with Gasteiger partial charge in [-0.25, -0.2) is 0 Å². The van der Waals surface area contributed by atoms with Gasteiger partial charge in [-0.2, -0.15) is 0 Å². The molecule has 0 nitrogen and oxygen atoms in total. The monoisotopic (exact) mass is 121 g/mol. The van der Waals surface area contributed by atoms with Crippen LogP contribution in [0.25, 0.3) is 0 Å². The van der Waals surface area contributed by atoms with Gasteiger partial charge >= 0.3 is 0 Å². The highest BCUT2D eigenvalue weighted by atomic mass is 28.2. The molecule has 0 saturated carbocycles. The first-order valence-corrected chi connectivity index (χ1v) is 5.01. The molecule has 1 rings (SSSR count). The van der Waals surface area contributed by atoms with Gasteiger partial charge in [0, 0.05) is 0 Å². The molecule has 1 heteroatoms. The van der Waals surface area contributed by atoms with Crippen molar-refractivity contribution in [2.24, 2.45) is 0 Å². The van der Waals surface area contributed by atoms with Gasteiger partial charge in [-0.1, -0.05) is 36.0 Å². The summed E-state index contributed by atoms with van der Waals surface area (Å²) in [5.41, 5.74) is 0. The van der Waals surface area contributed by atoms with Crippen LogP contribution in [0.2, 0.25) is 6.55 Å². The third kappa shape index (κ3) is 1.20. The molecule has 1 radical (unpaired) electrons. The van der Waals surface area contributed by atoms with Crippen molar-refractivity contribution in [1.82, 2.24) is 0 Å². The third-order valence-electron chi connectivity index (χ3n) is 1.15. The molecule has 0 fully saturated rings. The highest BCUT2D eigenvalue weighted by Gasteiger charge is 1.81. The number of hydrogen-bond donors (Lipinski definition) is 0. The zero-order chi connectivity index (χ0) is 5.82. The maximum absolute atomic E-state index is 3.18. The highest BCUT2D eigenvalue weighted by molar-refractivity contribution is 6.51. The van der Waals surface area contributed by atoms with Gasteiger partial charge < -0.3 is 0 Å². The van der Waals surface area contributed by atoms with Crippen LogP contribution in [-0.4, -0.2) is 9.52 Å². The smallest absolute Gasteiger partial charge is 0.0525 e. The van der Waals surface area contributed by atoms with E-state index >= 15 is 0 Å². The second-order valence-corrected chi connectivity index (χ2v) is 3.21. The van der Waals surface area contributed by atoms with Gasteiger partial charge in [-0.05, 0) is 6.07 Å². The average molecular weight is 121 g/mol. The summed E-state index contributed by atoms with van der Waals surface area (Å²) in [6, 6.07) is 11.4. The first kappa shape index (κ1) is 5.57. The van der Waals surface area contributed by atoms with E-state index < -0.39 is 0 Å². The first-order chi connectivity index (χ1) is 3.93. The van der Waals surface area contributed by atoms with Gasteiger partial charge in [0.1, 0.15) is 0 Å². The Morgan fingerprint density at radius 1 is 1.50 bits per heavy atom. The Kier molecular flexibility index (Phi) is 1.86. The molecule has 0 unspecified atom stereocenters. The molecule has 1 aromatic carbocycles. The molecule has 0 spiro atoms. The molecule has 0 aliphatic rings. The molecule has 0 aromatic heterocycles. The van der Waals surface area contributed by atoms with Crippen LogP contribution in [0.15, 0.2) is 24.3 Å². The second kappa shape index (κ2) is 2.67. The van der Waals surface area contributed by atoms with E-state index in [2.05, 4.69) is 24.7 Å². The minimum atomic E-state index is 0.0357. The Morgan fingerprint density at radius 3 is 2.75 bits per heavy atom. The molecule has 0 atom stereocenters. The Bertz CT molecular complexity index is 146. The fourth-order valence-corrected chi connectivity index (χ4v) is 1.34. The lowest BCUT2D eigenvalue weighted by molar-refractivity contribution is 1.75. The van der Waals surface area contributed by atoms with Gasteiger partial charge in [0.25, 0.3) is 0 Å². The van der Waals surface area contributed by atoms with Gasteiger partial charge in [0.05, 0.1) is 9.52 Å². The predicted octanol–water partition coefficient (Wildman–Crippen LogP) is 0.329. The molecule has 0 aliphatic carbocycles. The lowest BCUT2D eigenvalue weighted by Gasteiger charge is -1.88. The quantitative estimate of drug-likeness (QED) is 0.470. The molecule has 41 valence electrons. The normalized spacial score (nSPS) is 10.6. The van der Waals surface area contributed by atoms with E-state index in [9.17, 15) is 0 Å². The standard InChI is InChI=1S/C7H9Si/c1-8-7-5-3-2-4-6-7/h2-5H,8H2,1H3. The van der Waals surface area contributed by atoms with Crippen LogP contribution < -0.4 is 5.19 Å². The van der Waals surface area contributed by atoms with E-state index in [4.69, 9.17) is 0 Å². The fourth-order valence-electron chi connectivity index (χ4n) is 0.650. The summed E-state index contributed by atoms with van der Waals surface area (Å²) < 4.78 is 0. The average Bonchev–Trinajstić information content (AvgIpc) is 1.90. The number of hydrogen-bond acceptors (Lipinski definition) is 0. The van der Waals surface area contributed by atoms with E-state index in [0.717, 1.165) is 0 Å². The molecule has 1 aromatic rings. The van der Waals surface area contributed by atoms with E-state index in [1.54, 1.807) is 0 Å². The van der Waals surface area contributed by atoms with Gasteiger partial charge in [-0.15, -0.1) is 0 Å². The van der Waals surface area contributed by atoms with Gasteiger partial charge in [0.2, 0.25) is 0 Å². The minimum Gasteiger partial charge on any atom is -0.0708 e. The summed E-state index contributed by atoms with van der Waals surface area (Å²) in [6.45, 7) is 2.27. The first-order valence-electron chi connectivity index (χ1n) is 2.89. The van der Waals surface area contributed by atoms with Crippen molar-refractivity contribution in [2.45, 2.75) is 6.55 Å². The van der Waals surface area contributed by atoms with Crippen molar-refractivity contribution in [3.05, 3.63) is 30.3 Å². The molecule has 8 heavy (non-hydrogen) atoms. The van der Waals surface area contributed by atoms with Gasteiger partial charge in [-0.3, -0.25) is 0 Å². The van der Waals surface area contributed by atoms with E-state index in [-0.39, 0.29) is 9.52 Å². The van der Waals surface area contributed by atoms with Crippen molar-refractivity contribution >= 4 is 14.7 Å². The van der Waals surface area contributed by atoms with Crippen LogP contribution in [0, 0.1) is 6.07 Å². The second-order valence-electron chi connectivity index (χ2n) is 1.74. The van der Waals surface area contributed by atoms with Crippen LogP contribution in [-0.2, 0) is 0 Å². The zero-order valence-electron chi connectivity index (χ0n) is 5.02. The maximum Gasteiger partial charge on any atom is 0.0525 e. The SMILES string of the molecule is C[SiH2]c1[c]cccc1. The Morgan fingerprint density at radius 2 is 2.38 bits per heavy atom. The third-order valence-corrected chi connectivity index (χ3v) is 2.36. The molecule has 0 N–H and O–H groups in total. The predicted molar refractivity (Wildman–Crippen MR) is 39.3 cm³/mol. The van der Waals surface area contributed by atoms with Crippen LogP contribution in [0.5, 0.6) is 0 Å². The molecule has 0 heterocycles. The summed E-state index contributed by atoms with van der Waals surface area (Å²) in [5, 5.41) is 1.42. The Labute approximate surface area is 52.4 Å². The minimum absolute atomic E-state index is 0.0357. The summed E-state index contributed by atoms with van der Waals surface area (Å²) >= 11 is 0. The molecular weight excluding hydrogens is 112 g/mol. The Balaban J connectivity index is 2.83. The van der Waals surface area contributed by atoms with Crippen LogP contribution in [0.4, 0.5) is 0 Å². The number of rotatable bonds is 1. The maximum atomic E-state index is 3.18. The Hall–Kier alpha value is -0.563. The van der Waals surface area contributed by atoms with Crippen molar-refractivity contribution < 1.29 is 0 Å². The van der Waals surface area contributed by atoms with Crippen LogP contribution >= 0.6 is 0 Å². The molecule has 0 aliphatic heterocycles. The van der Waals surface area contributed by atoms with Crippen molar-refractivity contribution in [2.75, 3.05) is 0 Å². The van der Waals surface area contributed by atoms with Crippen molar-refractivity contribution in [3.8, 4) is 0 Å². The largest absolute Gasteiger partial charge is 0.0708 e. The van der Waals surface area contributed by atoms with E-state index in [1.165, 1.54) is 5.19 Å². The molecule has 0 bridgehead atoms. The van der Waals surface area contributed by atoms with Crippen LogP contribution in [0.1, 0.15) is 0 Å². The van der Waals surface area contributed by atoms with E-state index in [0.29, 0.717) is 0 Å². The van der Waals surface area contributed by atoms with Gasteiger partial charge in [0.15, 0.2) is 0 Å². The molecular formula is C7H9Si. The highest BCUT2D eigenvalue weighted by Crippen LogP contribution is 1.78. The fraction of sp³-hybridized carbons (Fsp3) is 0.143. The lowest BCUT2D eigenvalue weighted by atomic mass is 10.4. The summed E-state index contributed by atoms with van der Waals surface area (Å²) in [4.78, 5) is 0. The van der Waals surface area contributed by atoms with Crippen molar-refractivity contribution in [1.29, 1.82) is 0 Å². The summed E-state index contributed by atoms with van der Waals surface area (Å²) in [7, 11) is 0.0357. The zero-order valence-corrected chi connectivity index (χ0v) is 6.43. The van der Waals surface area contributed by atoms with Crippen LogP contribution in [0.3, 0.4) is 0 Å². The number of benzene rings is 1. The summed E-state index contributed by atoms with van der Waals surface area (Å²) in [6.07, 6.45) is 0. The topological polar surface area (TPSA) is 0 Å². The molecule has 0 amide bonds. The van der Waals surface area contributed by atoms with Crippen molar-refractivity contribution in [3.63, 3.8) is 0 Å². The summed E-state index contributed by atoms with van der Waals surface area (Å²) in [5.74, 6) is 0. The lowest BCUT2D eigenvalue weighted by Crippen LogP contribution is -2.08. The molecule has 0 saturated heterocycles. The van der Waals surface area contributed by atoms with E-state index in [1.807, 2.05) is 12.1 Å².